The summed E-state index contributed by atoms with van der Waals surface area (Å²) in [4.78, 5) is 0.0420. The van der Waals surface area contributed by atoms with E-state index in [2.05, 4.69) is 9.82 Å². The number of aromatic nitrogens is 2. The van der Waals surface area contributed by atoms with Crippen LogP contribution in [0.2, 0.25) is 0 Å². The molecule has 2 heterocycles. The highest BCUT2D eigenvalue weighted by molar-refractivity contribution is 7.89. The Morgan fingerprint density at radius 3 is 2.78 bits per heavy atom. The number of nitrogens with one attached hydrogen (secondary N) is 1. The zero-order chi connectivity index (χ0) is 16.7. The maximum atomic E-state index is 12.2. The molecule has 0 saturated heterocycles. The molecule has 23 heavy (non-hydrogen) atoms. The van der Waals surface area contributed by atoms with Crippen molar-refractivity contribution < 1.29 is 17.9 Å². The highest BCUT2D eigenvalue weighted by atomic mass is 32.2. The Morgan fingerprint density at radius 1 is 1.39 bits per heavy atom. The van der Waals surface area contributed by atoms with Gasteiger partial charge in [-0.2, -0.15) is 5.10 Å². The van der Waals surface area contributed by atoms with Crippen LogP contribution in [0.4, 0.5) is 0 Å². The molecular formula is C15H17N3O4S. The lowest BCUT2D eigenvalue weighted by atomic mass is 10.0. The fourth-order valence-electron chi connectivity index (χ4n) is 2.19. The number of rotatable bonds is 5. The monoisotopic (exact) mass is 335 g/mol. The Kier molecular flexibility index (Phi) is 3.75. The van der Waals surface area contributed by atoms with Crippen LogP contribution in [0.3, 0.4) is 0 Å². The third kappa shape index (κ3) is 3.14. The zero-order valence-electron chi connectivity index (χ0n) is 12.7. The fourth-order valence-corrected chi connectivity index (χ4v) is 3.31. The molecule has 1 unspecified atom stereocenters. The second-order valence-electron chi connectivity index (χ2n) is 5.60. The van der Waals surface area contributed by atoms with E-state index in [0.29, 0.717) is 11.3 Å². The number of hydrogen-bond acceptors (Lipinski definition) is 5. The maximum absolute atomic E-state index is 12.2. The van der Waals surface area contributed by atoms with Crippen molar-refractivity contribution in [3.05, 3.63) is 48.5 Å². The lowest BCUT2D eigenvalue weighted by Crippen LogP contribution is -2.38. The van der Waals surface area contributed by atoms with Gasteiger partial charge in [-0.05, 0) is 19.1 Å². The minimum atomic E-state index is -3.75. The molecule has 0 fully saturated rings. The van der Waals surface area contributed by atoms with E-state index in [1.165, 1.54) is 24.0 Å². The molecule has 0 amide bonds. The smallest absolute Gasteiger partial charge is 0.243 e. The Hall–Kier alpha value is -2.16. The van der Waals surface area contributed by atoms with Gasteiger partial charge in [-0.25, -0.2) is 13.1 Å². The summed E-state index contributed by atoms with van der Waals surface area (Å²) in [7, 11) is -2.12. The number of hydrogen-bond donors (Lipinski definition) is 2. The molecule has 0 aliphatic heterocycles. The van der Waals surface area contributed by atoms with Gasteiger partial charge in [0.05, 0.1) is 6.20 Å². The third-order valence-corrected chi connectivity index (χ3v) is 4.91. The van der Waals surface area contributed by atoms with Gasteiger partial charge in [0.1, 0.15) is 21.8 Å². The van der Waals surface area contributed by atoms with Gasteiger partial charge in [0.2, 0.25) is 10.0 Å². The van der Waals surface area contributed by atoms with Crippen molar-refractivity contribution in [1.82, 2.24) is 14.5 Å². The quantitative estimate of drug-likeness (QED) is 0.733. The predicted molar refractivity (Wildman–Crippen MR) is 84.2 cm³/mol. The highest BCUT2D eigenvalue weighted by Gasteiger charge is 2.30. The molecule has 3 rings (SSSR count). The standard InChI is InChI=1S/C15H17N3O4S/c1-15(19,14-7-11-5-3-4-6-13(11)22-14)10-17-23(20,21)12-8-16-18(2)9-12/h3-9,17,19H,10H2,1-2H3. The zero-order valence-corrected chi connectivity index (χ0v) is 13.5. The van der Waals surface area contributed by atoms with E-state index in [1.54, 1.807) is 19.2 Å². The van der Waals surface area contributed by atoms with Crippen molar-refractivity contribution in [2.75, 3.05) is 6.54 Å². The van der Waals surface area contributed by atoms with Crippen LogP contribution in [-0.2, 0) is 22.7 Å². The van der Waals surface area contributed by atoms with Gasteiger partial charge in [0, 0.05) is 25.2 Å². The van der Waals surface area contributed by atoms with Crippen molar-refractivity contribution >= 4 is 21.0 Å². The van der Waals surface area contributed by atoms with Crippen molar-refractivity contribution in [3.63, 3.8) is 0 Å². The second-order valence-corrected chi connectivity index (χ2v) is 7.36. The van der Waals surface area contributed by atoms with Crippen LogP contribution < -0.4 is 4.72 Å². The first kappa shape index (κ1) is 15.7. The number of benzene rings is 1. The number of sulfonamides is 1. The summed E-state index contributed by atoms with van der Waals surface area (Å²) in [6, 6.07) is 9.04. The van der Waals surface area contributed by atoms with Crippen molar-refractivity contribution in [2.24, 2.45) is 7.05 Å². The summed E-state index contributed by atoms with van der Waals surface area (Å²) in [6.07, 6.45) is 2.64. The Morgan fingerprint density at radius 2 is 2.13 bits per heavy atom. The van der Waals surface area contributed by atoms with E-state index in [9.17, 15) is 13.5 Å². The summed E-state index contributed by atoms with van der Waals surface area (Å²) in [5.74, 6) is 0.299. The third-order valence-electron chi connectivity index (χ3n) is 3.55. The van der Waals surface area contributed by atoms with Crippen LogP contribution in [0.1, 0.15) is 12.7 Å². The molecule has 0 radical (unpaired) electrons. The summed E-state index contributed by atoms with van der Waals surface area (Å²) in [6.45, 7) is 1.28. The number of furan rings is 1. The van der Waals surface area contributed by atoms with Gasteiger partial charge in [-0.1, -0.05) is 18.2 Å². The average molecular weight is 335 g/mol. The van der Waals surface area contributed by atoms with Gasteiger partial charge in [-0.15, -0.1) is 0 Å². The van der Waals surface area contributed by atoms with E-state index in [1.807, 2.05) is 18.2 Å². The van der Waals surface area contributed by atoms with Crippen LogP contribution in [-0.4, -0.2) is 29.8 Å². The predicted octanol–water partition coefficient (Wildman–Crippen LogP) is 1.35. The first-order chi connectivity index (χ1) is 10.8. The van der Waals surface area contributed by atoms with E-state index in [4.69, 9.17) is 4.42 Å². The van der Waals surface area contributed by atoms with E-state index in [-0.39, 0.29) is 11.4 Å². The highest BCUT2D eigenvalue weighted by Crippen LogP contribution is 2.27. The van der Waals surface area contributed by atoms with Crippen LogP contribution in [0.15, 0.2) is 52.0 Å². The van der Waals surface area contributed by atoms with Crippen LogP contribution >= 0.6 is 0 Å². The molecule has 7 nitrogen and oxygen atoms in total. The molecule has 0 aliphatic carbocycles. The molecule has 1 aromatic carbocycles. The minimum Gasteiger partial charge on any atom is -0.458 e. The van der Waals surface area contributed by atoms with E-state index >= 15 is 0 Å². The lowest BCUT2D eigenvalue weighted by molar-refractivity contribution is 0.0412. The maximum Gasteiger partial charge on any atom is 0.243 e. The summed E-state index contributed by atoms with van der Waals surface area (Å²) in [5.41, 5.74) is -0.841. The van der Waals surface area contributed by atoms with Gasteiger partial charge < -0.3 is 9.52 Å². The van der Waals surface area contributed by atoms with Gasteiger partial charge in [-0.3, -0.25) is 4.68 Å². The lowest BCUT2D eigenvalue weighted by Gasteiger charge is -2.20. The second kappa shape index (κ2) is 5.48. The molecule has 2 N–H and O–H groups in total. The van der Waals surface area contributed by atoms with Crippen LogP contribution in [0.25, 0.3) is 11.0 Å². The van der Waals surface area contributed by atoms with E-state index < -0.39 is 15.6 Å². The van der Waals surface area contributed by atoms with Crippen molar-refractivity contribution in [3.8, 4) is 0 Å². The topological polar surface area (TPSA) is 97.4 Å². The Bertz CT molecular complexity index is 907. The van der Waals surface area contributed by atoms with Gasteiger partial charge in [0.25, 0.3) is 0 Å². The number of fused-ring (bicyclic) bond motifs is 1. The van der Waals surface area contributed by atoms with Crippen LogP contribution in [0.5, 0.6) is 0 Å². The fraction of sp³-hybridized carbons (Fsp3) is 0.267. The molecule has 0 spiro atoms. The largest absolute Gasteiger partial charge is 0.458 e. The Balaban J connectivity index is 1.80. The first-order valence-corrected chi connectivity index (χ1v) is 8.46. The van der Waals surface area contributed by atoms with Crippen molar-refractivity contribution in [2.45, 2.75) is 17.4 Å². The Labute approximate surface area is 133 Å². The SMILES string of the molecule is Cn1cc(S(=O)(=O)NCC(C)(O)c2cc3ccccc3o2)cn1. The summed E-state index contributed by atoms with van der Waals surface area (Å²) < 4.78 is 33.8. The summed E-state index contributed by atoms with van der Waals surface area (Å²) >= 11 is 0. The normalized spacial score (nSPS) is 14.9. The molecule has 0 aliphatic rings. The average Bonchev–Trinajstić information content (AvgIpc) is 3.12. The molecule has 8 heteroatoms. The number of nitrogens with zero attached hydrogens (tertiary/aromatic N) is 2. The molecule has 2 aromatic heterocycles. The molecule has 3 aromatic rings. The van der Waals surface area contributed by atoms with Crippen molar-refractivity contribution in [1.29, 1.82) is 0 Å². The first-order valence-electron chi connectivity index (χ1n) is 6.98. The molecule has 122 valence electrons. The van der Waals surface area contributed by atoms with Gasteiger partial charge >= 0.3 is 0 Å². The number of para-hydroxylation sites is 1. The minimum absolute atomic E-state index is 0.0420. The molecule has 0 bridgehead atoms. The summed E-state index contributed by atoms with van der Waals surface area (Å²) in [5, 5.41) is 15.2. The number of aryl methyl sites for hydroxylation is 1. The molecule has 0 saturated carbocycles. The van der Waals surface area contributed by atoms with Gasteiger partial charge in [0.15, 0.2) is 0 Å². The van der Waals surface area contributed by atoms with Crippen LogP contribution in [0, 0.1) is 0 Å². The molecular weight excluding hydrogens is 318 g/mol. The number of aliphatic hydroxyl groups is 1. The van der Waals surface area contributed by atoms with E-state index in [0.717, 1.165) is 5.39 Å². The molecule has 1 atom stereocenters.